The Kier molecular flexibility index (Phi) is 5.18. The Bertz CT molecular complexity index is 492. The fourth-order valence-electron chi connectivity index (χ4n) is 1.71. The Hall–Kier alpha value is -0.890. The summed E-state index contributed by atoms with van der Waals surface area (Å²) in [5.41, 5.74) is 2.31. The minimum Gasteiger partial charge on any atom is -0.303 e. The van der Waals surface area contributed by atoms with E-state index >= 15 is 0 Å². The molecule has 2 unspecified atom stereocenters. The highest BCUT2D eigenvalue weighted by Crippen LogP contribution is 2.22. The van der Waals surface area contributed by atoms with Crippen molar-refractivity contribution in [2.24, 2.45) is 0 Å². The topological polar surface area (TPSA) is 12.0 Å². The number of nitrogens with one attached hydrogen (secondary N) is 1. The largest absolute Gasteiger partial charge is 0.303 e. The molecule has 2 aromatic carbocycles. The van der Waals surface area contributed by atoms with Gasteiger partial charge < -0.3 is 5.32 Å². The third kappa shape index (κ3) is 3.81. The van der Waals surface area contributed by atoms with Crippen molar-refractivity contribution in [1.29, 1.82) is 0 Å². The smallest absolute Gasteiger partial charge is 0.0812 e. The minimum absolute atomic E-state index is 0.202. The number of hydrogen-bond donors (Lipinski definition) is 1. The monoisotopic (exact) mass is 279 g/mol. The first kappa shape index (κ1) is 13.5. The molecule has 0 saturated heterocycles. The minimum atomic E-state index is 0.202. The number of rotatable bonds is 5. The van der Waals surface area contributed by atoms with E-state index in [9.17, 15) is 3.89 Å². The second-order valence-electron chi connectivity index (χ2n) is 3.99. The third-order valence-corrected chi connectivity index (χ3v) is 3.73. The van der Waals surface area contributed by atoms with E-state index in [0.29, 0.717) is 4.90 Å². The van der Waals surface area contributed by atoms with Gasteiger partial charge in [-0.25, -0.2) is 0 Å². The van der Waals surface area contributed by atoms with Gasteiger partial charge in [-0.2, -0.15) is 3.89 Å². The summed E-state index contributed by atoms with van der Waals surface area (Å²) in [5.74, 6) is 0.202. The van der Waals surface area contributed by atoms with Crippen LogP contribution in [0.3, 0.4) is 0 Å². The SMILES string of the molecule is FSc1cccc(CNC(P)c2ccccc2)c1. The van der Waals surface area contributed by atoms with Gasteiger partial charge in [-0.3, -0.25) is 0 Å². The van der Waals surface area contributed by atoms with E-state index in [0.717, 1.165) is 12.1 Å². The molecule has 0 spiro atoms. The van der Waals surface area contributed by atoms with E-state index in [4.69, 9.17) is 0 Å². The van der Waals surface area contributed by atoms with Crippen LogP contribution in [-0.2, 0) is 6.54 Å². The van der Waals surface area contributed by atoms with Crippen LogP contribution in [-0.4, -0.2) is 0 Å². The molecule has 0 bridgehead atoms. The predicted octanol–water partition coefficient (Wildman–Crippen LogP) is 4.33. The van der Waals surface area contributed by atoms with Gasteiger partial charge in [0.25, 0.3) is 0 Å². The van der Waals surface area contributed by atoms with Crippen LogP contribution in [0.1, 0.15) is 16.9 Å². The van der Waals surface area contributed by atoms with Gasteiger partial charge in [-0.1, -0.05) is 42.5 Å². The molecule has 0 saturated carbocycles. The average Bonchev–Trinajstić information content (AvgIpc) is 2.46. The van der Waals surface area contributed by atoms with Gasteiger partial charge in [-0.15, -0.1) is 9.24 Å². The Balaban J connectivity index is 1.95. The van der Waals surface area contributed by atoms with E-state index in [-0.39, 0.29) is 17.9 Å². The van der Waals surface area contributed by atoms with Crippen LogP contribution in [0, 0.1) is 0 Å². The normalized spacial score (nSPS) is 12.3. The quantitative estimate of drug-likeness (QED) is 0.818. The third-order valence-electron chi connectivity index (χ3n) is 2.67. The molecule has 0 aliphatic heterocycles. The van der Waals surface area contributed by atoms with E-state index in [1.54, 1.807) is 6.07 Å². The van der Waals surface area contributed by atoms with Gasteiger partial charge in [-0.05, 0) is 23.3 Å². The molecule has 18 heavy (non-hydrogen) atoms. The number of hydrogen-bond acceptors (Lipinski definition) is 2. The first-order chi connectivity index (χ1) is 8.79. The van der Waals surface area contributed by atoms with E-state index in [1.807, 2.05) is 36.4 Å². The zero-order valence-electron chi connectivity index (χ0n) is 9.84. The predicted molar refractivity (Wildman–Crippen MR) is 79.1 cm³/mol. The molecular formula is C14H15FNPS. The van der Waals surface area contributed by atoms with Crippen molar-refractivity contribution in [2.75, 3.05) is 0 Å². The summed E-state index contributed by atoms with van der Waals surface area (Å²) in [4.78, 5) is 0.648. The average molecular weight is 279 g/mol. The lowest BCUT2D eigenvalue weighted by molar-refractivity contribution is 0.676. The van der Waals surface area contributed by atoms with Crippen LogP contribution >= 0.6 is 21.4 Å². The molecule has 2 aromatic rings. The summed E-state index contributed by atoms with van der Waals surface area (Å²) >= 11 is 0.281. The maximum Gasteiger partial charge on any atom is 0.0812 e. The molecular weight excluding hydrogens is 264 g/mol. The lowest BCUT2D eigenvalue weighted by Crippen LogP contribution is -2.15. The summed E-state index contributed by atoms with van der Waals surface area (Å²) in [6, 6.07) is 17.7. The van der Waals surface area contributed by atoms with Crippen molar-refractivity contribution in [2.45, 2.75) is 17.2 Å². The van der Waals surface area contributed by atoms with E-state index in [2.05, 4.69) is 26.7 Å². The fourth-order valence-corrected chi connectivity index (χ4v) is 2.38. The maximum atomic E-state index is 12.5. The van der Waals surface area contributed by atoms with Gasteiger partial charge in [0.2, 0.25) is 0 Å². The molecule has 0 aliphatic rings. The molecule has 2 rings (SSSR count). The molecule has 1 N–H and O–H groups in total. The van der Waals surface area contributed by atoms with Crippen LogP contribution in [0.5, 0.6) is 0 Å². The molecule has 0 aromatic heterocycles. The molecule has 1 nitrogen and oxygen atoms in total. The van der Waals surface area contributed by atoms with Gasteiger partial charge in [0, 0.05) is 17.2 Å². The Morgan fingerprint density at radius 2 is 1.89 bits per heavy atom. The Morgan fingerprint density at radius 3 is 2.61 bits per heavy atom. The van der Waals surface area contributed by atoms with Crippen LogP contribution in [0.2, 0.25) is 0 Å². The van der Waals surface area contributed by atoms with Gasteiger partial charge in [0.15, 0.2) is 0 Å². The Morgan fingerprint density at radius 1 is 1.11 bits per heavy atom. The summed E-state index contributed by atoms with van der Waals surface area (Å²) < 4.78 is 12.5. The van der Waals surface area contributed by atoms with Crippen molar-refractivity contribution >= 4 is 21.4 Å². The highest BCUT2D eigenvalue weighted by atomic mass is 32.2. The van der Waals surface area contributed by atoms with Crippen LogP contribution in [0.25, 0.3) is 0 Å². The summed E-state index contributed by atoms with van der Waals surface area (Å²) in [5, 5.41) is 3.40. The first-order valence-electron chi connectivity index (χ1n) is 5.71. The van der Waals surface area contributed by atoms with Crippen molar-refractivity contribution in [3.63, 3.8) is 0 Å². The van der Waals surface area contributed by atoms with Crippen molar-refractivity contribution in [3.05, 3.63) is 65.7 Å². The summed E-state index contributed by atoms with van der Waals surface area (Å²) in [6.07, 6.45) is 0. The van der Waals surface area contributed by atoms with Gasteiger partial charge in [0.1, 0.15) is 0 Å². The number of halogens is 1. The zero-order chi connectivity index (χ0) is 12.8. The molecule has 0 heterocycles. The van der Waals surface area contributed by atoms with Gasteiger partial charge >= 0.3 is 0 Å². The second-order valence-corrected chi connectivity index (χ2v) is 5.29. The van der Waals surface area contributed by atoms with Crippen molar-refractivity contribution in [1.82, 2.24) is 5.32 Å². The molecule has 0 radical (unpaired) electrons. The highest BCUT2D eigenvalue weighted by Gasteiger charge is 2.04. The second kappa shape index (κ2) is 6.89. The Labute approximate surface area is 114 Å². The molecule has 94 valence electrons. The van der Waals surface area contributed by atoms with Crippen molar-refractivity contribution in [3.8, 4) is 0 Å². The summed E-state index contributed by atoms with van der Waals surface area (Å²) in [6.45, 7) is 0.720. The van der Waals surface area contributed by atoms with E-state index < -0.39 is 0 Å². The summed E-state index contributed by atoms with van der Waals surface area (Å²) in [7, 11) is 2.78. The zero-order valence-corrected chi connectivity index (χ0v) is 11.8. The highest BCUT2D eigenvalue weighted by molar-refractivity contribution is 7.94. The van der Waals surface area contributed by atoms with E-state index in [1.165, 1.54) is 5.56 Å². The standard InChI is InChI=1S/C14H15FNPS/c15-18-13-8-4-5-11(9-13)10-16-14(17)12-6-2-1-3-7-12/h1-9,14,16H,10,17H2. The molecule has 0 amide bonds. The molecule has 0 fully saturated rings. The molecule has 0 aliphatic carbocycles. The lowest BCUT2D eigenvalue weighted by Gasteiger charge is -2.14. The van der Waals surface area contributed by atoms with Crippen molar-refractivity contribution < 1.29 is 3.89 Å². The maximum absolute atomic E-state index is 12.5. The molecule has 2 atom stereocenters. The van der Waals surface area contributed by atoms with Crippen LogP contribution in [0.15, 0.2) is 59.5 Å². The van der Waals surface area contributed by atoms with Crippen LogP contribution < -0.4 is 5.32 Å². The fraction of sp³-hybridized carbons (Fsp3) is 0.143. The number of benzene rings is 2. The van der Waals surface area contributed by atoms with Gasteiger partial charge in [0.05, 0.1) is 12.1 Å². The lowest BCUT2D eigenvalue weighted by atomic mass is 10.2. The van der Waals surface area contributed by atoms with Crippen LogP contribution in [0.4, 0.5) is 3.89 Å². The first-order valence-corrected chi connectivity index (χ1v) is 7.09. The molecule has 4 heteroatoms.